The minimum absolute atomic E-state index is 0.0774. The Balaban J connectivity index is 1.31. The van der Waals surface area contributed by atoms with Crippen molar-refractivity contribution in [2.75, 3.05) is 0 Å². The van der Waals surface area contributed by atoms with Gasteiger partial charge in [0.1, 0.15) is 0 Å². The third-order valence-corrected chi connectivity index (χ3v) is 15.8. The van der Waals surface area contributed by atoms with Crippen molar-refractivity contribution < 1.29 is 0 Å². The second-order valence-electron chi connectivity index (χ2n) is 24.9. The van der Waals surface area contributed by atoms with Gasteiger partial charge in [-0.15, -0.1) is 0 Å². The van der Waals surface area contributed by atoms with Crippen LogP contribution in [-0.4, -0.2) is 19.9 Å². The van der Waals surface area contributed by atoms with Crippen molar-refractivity contribution in [3.05, 3.63) is 167 Å². The van der Waals surface area contributed by atoms with E-state index in [1.807, 2.05) is 0 Å². The van der Waals surface area contributed by atoms with Crippen molar-refractivity contribution in [1.82, 2.24) is 19.9 Å². The van der Waals surface area contributed by atoms with Gasteiger partial charge in [-0.05, 0) is 135 Å². The van der Waals surface area contributed by atoms with Gasteiger partial charge in [0.2, 0.25) is 0 Å². The smallest absolute Gasteiger partial charge is 0.0816 e. The van der Waals surface area contributed by atoms with Crippen LogP contribution in [0.25, 0.3) is 132 Å². The highest BCUT2D eigenvalue weighted by Crippen LogP contribution is 2.47. The Kier molecular flexibility index (Phi) is 9.24. The van der Waals surface area contributed by atoms with E-state index >= 15 is 0 Å². The Hall–Kier alpha value is -7.56. The third-order valence-electron chi connectivity index (χ3n) is 15.8. The monoisotopic (exact) mass is 934 g/mol. The number of nitrogens with one attached hydrogen (secondary N) is 2. The Morgan fingerprint density at radius 1 is 0.347 bits per heavy atom. The predicted octanol–water partition coefficient (Wildman–Crippen LogP) is 19.1. The number of H-pyrrole nitrogens is 2. The fraction of sp³-hybridized carbons (Fsp3) is 0.235. The first kappa shape index (κ1) is 44.4. The summed E-state index contributed by atoms with van der Waals surface area (Å²) in [5.41, 5.74) is 17.3. The number of aromatic nitrogens is 4. The molecule has 0 fully saturated rings. The fourth-order valence-corrected chi connectivity index (χ4v) is 11.8. The van der Waals surface area contributed by atoms with Gasteiger partial charge in [-0.2, -0.15) is 0 Å². The molecule has 0 unspecified atom stereocenters. The Labute approximate surface area is 421 Å². The summed E-state index contributed by atoms with van der Waals surface area (Å²) >= 11 is 0. The molecular formula is C68H62N4. The SMILES string of the molecule is CC(C)(C)c1cc(-c2c3nc(c4c5cccc6cccc(c7cc([nH]c74)c(-c4cc(C(C)(C)C)cc(C(C)(C)C)c4)c4cc7c8cccc9cccc(c98)c(c8ccc2[nH]8)c7n4)c65)C=C3)cc(C(C)(C)C)c1. The molecule has 8 aromatic carbocycles. The summed E-state index contributed by atoms with van der Waals surface area (Å²) in [5.74, 6) is 0. The largest absolute Gasteiger partial charge is 0.354 e. The van der Waals surface area contributed by atoms with Crippen molar-refractivity contribution in [3.63, 3.8) is 0 Å². The van der Waals surface area contributed by atoms with Crippen molar-refractivity contribution in [1.29, 1.82) is 0 Å². The lowest BCUT2D eigenvalue weighted by molar-refractivity contribution is 0.568. The molecule has 0 saturated heterocycles. The first-order chi connectivity index (χ1) is 34.2. The fourth-order valence-electron chi connectivity index (χ4n) is 11.8. The zero-order valence-electron chi connectivity index (χ0n) is 43.8. The minimum atomic E-state index is -0.0935. The van der Waals surface area contributed by atoms with Crippen molar-refractivity contribution in [2.45, 2.75) is 105 Å². The topological polar surface area (TPSA) is 57.4 Å². The number of fused-ring (bicyclic) bond motifs is 12. The van der Waals surface area contributed by atoms with Crippen molar-refractivity contribution in [2.24, 2.45) is 0 Å². The quantitative estimate of drug-likeness (QED) is 0.181. The molecule has 354 valence electrons. The number of nitrogens with zero attached hydrogens (tertiary/aromatic N) is 2. The molecule has 0 radical (unpaired) electrons. The Bertz CT molecular complexity index is 4330. The molecule has 0 amide bonds. The minimum Gasteiger partial charge on any atom is -0.354 e. The van der Waals surface area contributed by atoms with Crippen LogP contribution in [0.1, 0.15) is 117 Å². The molecule has 4 nitrogen and oxygen atoms in total. The summed E-state index contributed by atoms with van der Waals surface area (Å²) in [5, 5.41) is 14.3. The second kappa shape index (κ2) is 15.0. The summed E-state index contributed by atoms with van der Waals surface area (Å²) in [6.45, 7) is 27.9. The average Bonchev–Trinajstić information content (AvgIpc) is 4.17. The van der Waals surface area contributed by atoms with Crippen LogP contribution < -0.4 is 0 Å². The summed E-state index contributed by atoms with van der Waals surface area (Å²) in [4.78, 5) is 20.0. The first-order valence-corrected chi connectivity index (χ1v) is 25.8. The zero-order valence-corrected chi connectivity index (χ0v) is 43.8. The molecule has 0 aliphatic carbocycles. The van der Waals surface area contributed by atoms with Gasteiger partial charge >= 0.3 is 0 Å². The summed E-state index contributed by atoms with van der Waals surface area (Å²) in [6, 6.07) is 50.8. The lowest BCUT2D eigenvalue weighted by atomic mass is 9.79. The van der Waals surface area contributed by atoms with E-state index in [4.69, 9.17) is 9.97 Å². The molecule has 1 aliphatic rings. The van der Waals surface area contributed by atoms with E-state index in [1.165, 1.54) is 70.7 Å². The van der Waals surface area contributed by atoms with Crippen LogP contribution in [0, 0.1) is 0 Å². The van der Waals surface area contributed by atoms with Gasteiger partial charge in [0.05, 0.1) is 27.9 Å². The number of aromatic amines is 2. The highest BCUT2D eigenvalue weighted by atomic mass is 14.8. The normalized spacial score (nSPS) is 13.5. The highest BCUT2D eigenvalue weighted by molar-refractivity contribution is 6.34. The lowest BCUT2D eigenvalue weighted by Gasteiger charge is -2.26. The zero-order chi connectivity index (χ0) is 50.0. The van der Waals surface area contributed by atoms with E-state index in [-0.39, 0.29) is 21.7 Å². The number of hydrogen-bond donors (Lipinski definition) is 2. The third kappa shape index (κ3) is 6.78. The molecule has 4 aromatic heterocycles. The number of benzene rings is 8. The molecule has 72 heavy (non-hydrogen) atoms. The van der Waals surface area contributed by atoms with Crippen LogP contribution in [0.15, 0.2) is 133 Å². The molecule has 13 rings (SSSR count). The van der Waals surface area contributed by atoms with Crippen LogP contribution in [0.5, 0.6) is 0 Å². The van der Waals surface area contributed by atoms with Crippen LogP contribution in [0.2, 0.25) is 0 Å². The summed E-state index contributed by atoms with van der Waals surface area (Å²) in [6.07, 6.45) is 4.50. The van der Waals surface area contributed by atoms with Gasteiger partial charge in [0, 0.05) is 49.2 Å². The first-order valence-electron chi connectivity index (χ1n) is 25.8. The molecule has 0 atom stereocenters. The summed E-state index contributed by atoms with van der Waals surface area (Å²) in [7, 11) is 0. The van der Waals surface area contributed by atoms with E-state index in [1.54, 1.807) is 0 Å². The number of hydrogen-bond acceptors (Lipinski definition) is 2. The van der Waals surface area contributed by atoms with Gasteiger partial charge in [-0.1, -0.05) is 192 Å². The maximum absolute atomic E-state index is 5.93. The predicted molar refractivity (Wildman–Crippen MR) is 312 cm³/mol. The van der Waals surface area contributed by atoms with Gasteiger partial charge in [-0.3, -0.25) is 0 Å². The molecule has 12 aromatic rings. The van der Waals surface area contributed by atoms with Crippen LogP contribution in [0.4, 0.5) is 0 Å². The maximum Gasteiger partial charge on any atom is 0.0816 e. The second-order valence-corrected chi connectivity index (χ2v) is 24.9. The molecule has 5 heterocycles. The molecule has 1 aliphatic heterocycles. The van der Waals surface area contributed by atoms with Crippen molar-refractivity contribution in [3.8, 4) is 22.3 Å². The van der Waals surface area contributed by atoms with E-state index in [9.17, 15) is 0 Å². The number of rotatable bonds is 2. The van der Waals surface area contributed by atoms with E-state index in [0.29, 0.717) is 0 Å². The Morgan fingerprint density at radius 3 is 1.36 bits per heavy atom. The van der Waals surface area contributed by atoms with Crippen molar-refractivity contribution >= 4 is 110 Å². The van der Waals surface area contributed by atoms with Gasteiger partial charge in [0.25, 0.3) is 0 Å². The van der Waals surface area contributed by atoms with E-state index in [0.717, 1.165) is 82.9 Å². The standard InChI is InChI=1S/C68H62N4/c1-65(2,3)41-29-39(30-42(33-41)66(4,5)6)59-51-25-27-53(69-51)61-47-23-15-19-37-17-13-21-45(57(37)47)49-35-55(71-63(49)61)60(40-31-43(67(7,8)9)34-44(32-40)68(10,11)12)56-36-50-46-22-14-18-38-20-16-24-48(58(38)46)62(64(50)72-56)54-28-26-52(59)70-54/h13-36,69,72H,1-12H3. The molecule has 0 spiro atoms. The van der Waals surface area contributed by atoms with Crippen LogP contribution in [-0.2, 0) is 21.7 Å². The Morgan fingerprint density at radius 2 is 0.819 bits per heavy atom. The maximum atomic E-state index is 5.93. The van der Waals surface area contributed by atoms with Gasteiger partial charge in [-0.25, -0.2) is 9.97 Å². The van der Waals surface area contributed by atoms with Crippen LogP contribution in [0.3, 0.4) is 0 Å². The molecule has 4 heteroatoms. The summed E-state index contributed by atoms with van der Waals surface area (Å²) < 4.78 is 0. The highest BCUT2D eigenvalue weighted by Gasteiger charge is 2.27. The molecule has 0 saturated carbocycles. The molecular weight excluding hydrogens is 873 g/mol. The van der Waals surface area contributed by atoms with E-state index in [2.05, 4.69) is 239 Å². The molecule has 2 N–H and O–H groups in total. The van der Waals surface area contributed by atoms with E-state index < -0.39 is 0 Å². The van der Waals surface area contributed by atoms with Gasteiger partial charge in [0.15, 0.2) is 0 Å². The lowest BCUT2D eigenvalue weighted by Crippen LogP contribution is -2.16. The van der Waals surface area contributed by atoms with Gasteiger partial charge < -0.3 is 9.97 Å². The molecule has 8 bridgehead atoms. The average molecular weight is 935 g/mol. The van der Waals surface area contributed by atoms with Crippen LogP contribution >= 0.6 is 0 Å².